The number of hydrogen-bond donors (Lipinski definition) is 2. The minimum Gasteiger partial charge on any atom is -0.306 e. The van der Waals surface area contributed by atoms with Crippen molar-refractivity contribution in [3.05, 3.63) is 32.7 Å². The smallest absolute Gasteiger partial charge is 0.306 e. The number of fused-ring (bicyclic) bond motifs is 1. The zero-order chi connectivity index (χ0) is 13.4. The van der Waals surface area contributed by atoms with Crippen LogP contribution in [-0.2, 0) is 0 Å². The predicted octanol–water partition coefficient (Wildman–Crippen LogP) is 4.48. The van der Waals surface area contributed by atoms with Crippen LogP contribution in [-0.4, -0.2) is 9.97 Å². The zero-order valence-electron chi connectivity index (χ0n) is 10.5. The van der Waals surface area contributed by atoms with Gasteiger partial charge in [0, 0.05) is 4.47 Å². The van der Waals surface area contributed by atoms with E-state index in [1.807, 2.05) is 12.1 Å². The number of aromatic amines is 2. The molecule has 2 N–H and O–H groups in total. The molecular formula is C14H16BrClN2O. The standard InChI is InChI=1S/C14H16BrClN2O/c15-10-7-13-12(17-14(19)18-13)6-9(10)11(16)5-8-3-1-2-4-8/h6-8,11H,1-5H2,(H2,17,18,19). The third-order valence-electron chi connectivity index (χ3n) is 3.99. The Labute approximate surface area is 124 Å². The first-order valence-corrected chi connectivity index (χ1v) is 7.92. The van der Waals surface area contributed by atoms with Crippen LogP contribution in [0, 0.1) is 5.92 Å². The highest BCUT2D eigenvalue weighted by atomic mass is 79.9. The third kappa shape index (κ3) is 2.75. The summed E-state index contributed by atoms with van der Waals surface area (Å²) in [6.07, 6.45) is 6.27. The molecule has 2 aromatic rings. The van der Waals surface area contributed by atoms with Gasteiger partial charge in [-0.2, -0.15) is 0 Å². The maximum absolute atomic E-state index is 11.3. The average Bonchev–Trinajstić information content (AvgIpc) is 2.96. The number of benzene rings is 1. The van der Waals surface area contributed by atoms with Gasteiger partial charge in [0.05, 0.1) is 16.4 Å². The Balaban J connectivity index is 1.89. The molecule has 1 unspecified atom stereocenters. The minimum absolute atomic E-state index is 0.000257. The van der Waals surface area contributed by atoms with E-state index in [-0.39, 0.29) is 11.1 Å². The van der Waals surface area contributed by atoms with E-state index in [0.717, 1.165) is 33.4 Å². The fraction of sp³-hybridized carbons (Fsp3) is 0.500. The van der Waals surface area contributed by atoms with E-state index in [1.54, 1.807) is 0 Å². The maximum Gasteiger partial charge on any atom is 0.323 e. The Bertz CT molecular complexity index is 642. The second-order valence-corrected chi connectivity index (χ2v) is 6.73. The molecule has 0 spiro atoms. The van der Waals surface area contributed by atoms with Crippen molar-refractivity contribution in [1.29, 1.82) is 0 Å². The number of hydrogen-bond acceptors (Lipinski definition) is 1. The van der Waals surface area contributed by atoms with Crippen LogP contribution in [0.15, 0.2) is 21.4 Å². The molecule has 1 aliphatic rings. The van der Waals surface area contributed by atoms with E-state index >= 15 is 0 Å². The van der Waals surface area contributed by atoms with E-state index < -0.39 is 0 Å². The Morgan fingerprint density at radius 1 is 1.26 bits per heavy atom. The summed E-state index contributed by atoms with van der Waals surface area (Å²) in [7, 11) is 0. The highest BCUT2D eigenvalue weighted by molar-refractivity contribution is 9.10. The maximum atomic E-state index is 11.3. The number of alkyl halides is 1. The van der Waals surface area contributed by atoms with Crippen molar-refractivity contribution in [2.75, 3.05) is 0 Å². The van der Waals surface area contributed by atoms with Gasteiger partial charge in [0.15, 0.2) is 0 Å². The highest BCUT2D eigenvalue weighted by Crippen LogP contribution is 2.39. The molecule has 0 amide bonds. The molecule has 1 aliphatic carbocycles. The second kappa shape index (κ2) is 5.33. The van der Waals surface area contributed by atoms with Crippen molar-refractivity contribution in [2.45, 2.75) is 37.5 Å². The van der Waals surface area contributed by atoms with Crippen LogP contribution in [0.1, 0.15) is 43.0 Å². The largest absolute Gasteiger partial charge is 0.323 e. The molecule has 3 rings (SSSR count). The van der Waals surface area contributed by atoms with Crippen LogP contribution in [0.25, 0.3) is 11.0 Å². The van der Waals surface area contributed by atoms with Crippen LogP contribution in [0.2, 0.25) is 0 Å². The van der Waals surface area contributed by atoms with E-state index in [0.29, 0.717) is 0 Å². The van der Waals surface area contributed by atoms with Gasteiger partial charge in [-0.25, -0.2) is 4.79 Å². The van der Waals surface area contributed by atoms with Gasteiger partial charge in [0.1, 0.15) is 0 Å². The molecule has 3 nitrogen and oxygen atoms in total. The summed E-state index contributed by atoms with van der Waals surface area (Å²) in [6.45, 7) is 0. The number of rotatable bonds is 3. The summed E-state index contributed by atoms with van der Waals surface area (Å²) >= 11 is 10.1. The van der Waals surface area contributed by atoms with Crippen molar-refractivity contribution in [1.82, 2.24) is 9.97 Å². The van der Waals surface area contributed by atoms with Crippen LogP contribution in [0.4, 0.5) is 0 Å². The summed E-state index contributed by atoms with van der Waals surface area (Å²) in [4.78, 5) is 16.8. The monoisotopic (exact) mass is 342 g/mol. The Kier molecular flexibility index (Phi) is 3.72. The van der Waals surface area contributed by atoms with Crippen molar-refractivity contribution in [3.63, 3.8) is 0 Å². The first-order valence-electron chi connectivity index (χ1n) is 6.69. The summed E-state index contributed by atoms with van der Waals surface area (Å²) < 4.78 is 0.966. The van der Waals surface area contributed by atoms with Crippen LogP contribution < -0.4 is 5.69 Å². The lowest BCUT2D eigenvalue weighted by molar-refractivity contribution is 0.495. The molecule has 0 bridgehead atoms. The second-order valence-electron chi connectivity index (χ2n) is 5.35. The normalized spacial score (nSPS) is 18.2. The topological polar surface area (TPSA) is 48.6 Å². The van der Waals surface area contributed by atoms with Gasteiger partial charge >= 0.3 is 5.69 Å². The molecule has 1 heterocycles. The summed E-state index contributed by atoms with van der Waals surface area (Å²) in [5, 5.41) is 0.000257. The van der Waals surface area contributed by atoms with Gasteiger partial charge in [-0.3, -0.25) is 0 Å². The fourth-order valence-electron chi connectivity index (χ4n) is 2.98. The van der Waals surface area contributed by atoms with Gasteiger partial charge in [-0.05, 0) is 30.0 Å². The summed E-state index contributed by atoms with van der Waals surface area (Å²) in [5.74, 6) is 0.746. The molecule has 0 radical (unpaired) electrons. The van der Waals surface area contributed by atoms with Crippen LogP contribution in [0.5, 0.6) is 0 Å². The molecule has 1 atom stereocenters. The average molecular weight is 344 g/mol. The summed E-state index contributed by atoms with van der Waals surface area (Å²) in [5.41, 5.74) is 2.52. The molecule has 0 saturated heterocycles. The molecule has 19 heavy (non-hydrogen) atoms. The number of halogens is 2. The fourth-order valence-corrected chi connectivity index (χ4v) is 4.16. The van der Waals surface area contributed by atoms with Gasteiger partial charge in [-0.15, -0.1) is 11.6 Å². The first kappa shape index (κ1) is 13.3. The lowest BCUT2D eigenvalue weighted by Gasteiger charge is -2.16. The number of nitrogens with one attached hydrogen (secondary N) is 2. The van der Waals surface area contributed by atoms with E-state index in [2.05, 4.69) is 25.9 Å². The Morgan fingerprint density at radius 3 is 2.58 bits per heavy atom. The molecular weight excluding hydrogens is 328 g/mol. The first-order chi connectivity index (χ1) is 9.13. The van der Waals surface area contributed by atoms with E-state index in [9.17, 15) is 4.79 Å². The minimum atomic E-state index is -0.180. The summed E-state index contributed by atoms with van der Waals surface area (Å²) in [6, 6.07) is 3.90. The number of H-pyrrole nitrogens is 2. The van der Waals surface area contributed by atoms with Gasteiger partial charge < -0.3 is 9.97 Å². The molecule has 1 aromatic carbocycles. The lowest BCUT2D eigenvalue weighted by Crippen LogP contribution is -2.00. The van der Waals surface area contributed by atoms with Crippen molar-refractivity contribution >= 4 is 38.6 Å². The molecule has 1 fully saturated rings. The molecule has 0 aliphatic heterocycles. The number of aromatic nitrogens is 2. The van der Waals surface area contributed by atoms with Crippen molar-refractivity contribution in [2.24, 2.45) is 5.92 Å². The Hall–Kier alpha value is -0.740. The lowest BCUT2D eigenvalue weighted by atomic mass is 9.97. The van der Waals surface area contributed by atoms with E-state index in [1.165, 1.54) is 25.7 Å². The third-order valence-corrected chi connectivity index (χ3v) is 5.09. The van der Waals surface area contributed by atoms with E-state index in [4.69, 9.17) is 11.6 Å². The molecule has 5 heteroatoms. The van der Waals surface area contributed by atoms with Gasteiger partial charge in [0.25, 0.3) is 0 Å². The van der Waals surface area contributed by atoms with Crippen LogP contribution in [0.3, 0.4) is 0 Å². The number of imidazole rings is 1. The van der Waals surface area contributed by atoms with Gasteiger partial charge in [0.2, 0.25) is 0 Å². The molecule has 1 saturated carbocycles. The van der Waals surface area contributed by atoms with Crippen molar-refractivity contribution < 1.29 is 0 Å². The zero-order valence-corrected chi connectivity index (χ0v) is 12.9. The predicted molar refractivity (Wildman–Crippen MR) is 81.8 cm³/mol. The Morgan fingerprint density at radius 2 is 1.89 bits per heavy atom. The van der Waals surface area contributed by atoms with Gasteiger partial charge in [-0.1, -0.05) is 41.6 Å². The van der Waals surface area contributed by atoms with Crippen LogP contribution >= 0.6 is 27.5 Å². The SMILES string of the molecule is O=c1[nH]c2cc(Br)c(C(Cl)CC3CCCC3)cc2[nH]1. The molecule has 1 aromatic heterocycles. The molecule has 102 valence electrons. The van der Waals surface area contributed by atoms with Crippen molar-refractivity contribution in [3.8, 4) is 0 Å². The highest BCUT2D eigenvalue weighted by Gasteiger charge is 2.21. The quantitative estimate of drug-likeness (QED) is 0.793.